The molecule has 6 nitrogen and oxygen atoms in total. The van der Waals surface area contributed by atoms with Gasteiger partial charge in [0.15, 0.2) is 0 Å². The van der Waals surface area contributed by atoms with Crippen LogP contribution in [0.2, 0.25) is 0 Å². The van der Waals surface area contributed by atoms with E-state index in [-0.39, 0.29) is 11.9 Å². The summed E-state index contributed by atoms with van der Waals surface area (Å²) in [5, 5.41) is 0. The molecule has 0 aromatic carbocycles. The molecule has 0 radical (unpaired) electrons. The Bertz CT molecular complexity index is 569. The molecule has 8 heteroatoms. The number of nitrogens with zero attached hydrogens (tertiary/aromatic N) is 1. The van der Waals surface area contributed by atoms with E-state index in [2.05, 4.69) is 9.10 Å². The number of aromatic nitrogens is 1. The van der Waals surface area contributed by atoms with Crippen molar-refractivity contribution in [1.29, 1.82) is 0 Å². The Morgan fingerprint density at radius 3 is 2.75 bits per heavy atom. The summed E-state index contributed by atoms with van der Waals surface area (Å²) in [7, 11) is -3.69. The molecule has 1 aliphatic rings. The summed E-state index contributed by atoms with van der Waals surface area (Å²) in [4.78, 5) is 12.8. The Morgan fingerprint density at radius 1 is 1.45 bits per heavy atom. The van der Waals surface area contributed by atoms with Gasteiger partial charge in [-0.15, -0.1) is 0 Å². The van der Waals surface area contributed by atoms with Crippen LogP contribution in [0.5, 0.6) is 0 Å². The highest BCUT2D eigenvalue weighted by Crippen LogP contribution is 2.18. The van der Waals surface area contributed by atoms with E-state index >= 15 is 0 Å². The number of amides is 1. The van der Waals surface area contributed by atoms with Gasteiger partial charge in [0.1, 0.15) is 0 Å². The molecule has 112 valence electrons. The number of aryl methyl sites for hydroxylation is 2. The molecule has 1 amide bonds. The molecule has 0 bridgehead atoms. The number of carbonyl (C=O) groups excluding carboxylic acids is 1. The standard InChI is InChI=1S/C12H18N2O4S2/c1-8-11(9(2)19-13-8)12(15)14-20(16,17)7-10-5-3-4-6-18-10/h10H,3-7H2,1-2H3,(H,14,15). The van der Waals surface area contributed by atoms with Crippen molar-refractivity contribution in [2.24, 2.45) is 0 Å². The number of carbonyl (C=O) groups is 1. The first kappa shape index (κ1) is 15.4. The van der Waals surface area contributed by atoms with Crippen LogP contribution in [0.3, 0.4) is 0 Å². The van der Waals surface area contributed by atoms with Gasteiger partial charge in [-0.05, 0) is 44.6 Å². The van der Waals surface area contributed by atoms with Crippen LogP contribution < -0.4 is 4.72 Å². The average Bonchev–Trinajstić information content (AvgIpc) is 2.69. The minimum atomic E-state index is -3.69. The smallest absolute Gasteiger partial charge is 0.267 e. The van der Waals surface area contributed by atoms with Gasteiger partial charge in [-0.2, -0.15) is 4.37 Å². The van der Waals surface area contributed by atoms with E-state index in [4.69, 9.17) is 4.74 Å². The predicted octanol–water partition coefficient (Wildman–Crippen LogP) is 1.39. The fourth-order valence-corrected chi connectivity index (χ4v) is 4.14. The lowest BCUT2D eigenvalue weighted by Crippen LogP contribution is -2.38. The molecule has 1 fully saturated rings. The molecule has 0 saturated carbocycles. The van der Waals surface area contributed by atoms with Crippen molar-refractivity contribution < 1.29 is 17.9 Å². The predicted molar refractivity (Wildman–Crippen MR) is 76.4 cm³/mol. The van der Waals surface area contributed by atoms with Crippen molar-refractivity contribution in [3.8, 4) is 0 Å². The lowest BCUT2D eigenvalue weighted by molar-refractivity contribution is 0.0304. The van der Waals surface area contributed by atoms with Crippen molar-refractivity contribution in [3.63, 3.8) is 0 Å². The number of rotatable bonds is 4. The largest absolute Gasteiger partial charge is 0.377 e. The van der Waals surface area contributed by atoms with Crippen molar-refractivity contribution >= 4 is 27.5 Å². The highest BCUT2D eigenvalue weighted by Gasteiger charge is 2.25. The van der Waals surface area contributed by atoms with Crippen molar-refractivity contribution in [1.82, 2.24) is 9.10 Å². The van der Waals surface area contributed by atoms with Crippen LogP contribution >= 0.6 is 11.5 Å². The van der Waals surface area contributed by atoms with Gasteiger partial charge in [0.05, 0.1) is 23.1 Å². The molecule has 1 N–H and O–H groups in total. The van der Waals surface area contributed by atoms with Crippen molar-refractivity contribution in [2.45, 2.75) is 39.2 Å². The van der Waals surface area contributed by atoms with Gasteiger partial charge in [-0.3, -0.25) is 4.79 Å². The molecule has 0 spiro atoms. The maximum atomic E-state index is 12.0. The molecule has 1 unspecified atom stereocenters. The maximum Gasteiger partial charge on any atom is 0.267 e. The average molecular weight is 318 g/mol. The van der Waals surface area contributed by atoms with Crippen molar-refractivity contribution in [2.75, 3.05) is 12.4 Å². The Kier molecular flexibility index (Phi) is 4.77. The monoisotopic (exact) mass is 318 g/mol. The Balaban J connectivity index is 2.02. The summed E-state index contributed by atoms with van der Waals surface area (Å²) in [6.45, 7) is 4.02. The third kappa shape index (κ3) is 3.77. The molecule has 2 heterocycles. The molecule has 1 aliphatic heterocycles. The second-order valence-corrected chi connectivity index (χ2v) is 7.64. The zero-order valence-electron chi connectivity index (χ0n) is 11.5. The third-order valence-corrected chi connectivity index (χ3v) is 5.34. The Morgan fingerprint density at radius 2 is 2.20 bits per heavy atom. The van der Waals surface area contributed by atoms with Gasteiger partial charge < -0.3 is 4.74 Å². The summed E-state index contributed by atoms with van der Waals surface area (Å²) in [5.74, 6) is -0.779. The number of ether oxygens (including phenoxy) is 1. The molecule has 1 saturated heterocycles. The molecule has 20 heavy (non-hydrogen) atoms. The van der Waals surface area contributed by atoms with Crippen LogP contribution in [0, 0.1) is 13.8 Å². The molecule has 0 aliphatic carbocycles. The van der Waals surface area contributed by atoms with E-state index in [0.29, 0.717) is 29.2 Å². The first-order valence-electron chi connectivity index (χ1n) is 6.48. The third-order valence-electron chi connectivity index (χ3n) is 3.19. The summed E-state index contributed by atoms with van der Waals surface area (Å²) < 4.78 is 35.5. The number of hydrogen-bond acceptors (Lipinski definition) is 6. The molecule has 1 aromatic heterocycles. The fraction of sp³-hybridized carbons (Fsp3) is 0.667. The molecule has 1 atom stereocenters. The van der Waals surface area contributed by atoms with Gasteiger partial charge in [0.2, 0.25) is 10.0 Å². The van der Waals surface area contributed by atoms with Crippen LogP contribution in [0.25, 0.3) is 0 Å². The van der Waals surface area contributed by atoms with Crippen LogP contribution in [0.15, 0.2) is 0 Å². The van der Waals surface area contributed by atoms with Crippen LogP contribution in [0.4, 0.5) is 0 Å². The van der Waals surface area contributed by atoms with Crippen LogP contribution in [-0.2, 0) is 14.8 Å². The quantitative estimate of drug-likeness (QED) is 0.906. The minimum Gasteiger partial charge on any atom is -0.377 e. The second-order valence-electron chi connectivity index (χ2n) is 4.90. The molecular formula is C12H18N2O4S2. The topological polar surface area (TPSA) is 85.4 Å². The number of hydrogen-bond donors (Lipinski definition) is 1. The van der Waals surface area contributed by atoms with E-state index in [1.54, 1.807) is 13.8 Å². The number of sulfonamides is 1. The van der Waals surface area contributed by atoms with Gasteiger partial charge in [0.25, 0.3) is 5.91 Å². The molecule has 2 rings (SSSR count). The van der Waals surface area contributed by atoms with E-state index in [1.807, 2.05) is 0 Å². The van der Waals surface area contributed by atoms with E-state index in [9.17, 15) is 13.2 Å². The second kappa shape index (κ2) is 6.19. The Hall–Kier alpha value is -0.990. The first-order valence-corrected chi connectivity index (χ1v) is 8.91. The zero-order chi connectivity index (χ0) is 14.8. The maximum absolute atomic E-state index is 12.0. The van der Waals surface area contributed by atoms with Gasteiger partial charge in [-0.1, -0.05) is 0 Å². The van der Waals surface area contributed by atoms with E-state index < -0.39 is 15.9 Å². The molecular weight excluding hydrogens is 300 g/mol. The minimum absolute atomic E-state index is 0.172. The SMILES string of the molecule is Cc1nsc(C)c1C(=O)NS(=O)(=O)CC1CCCCO1. The van der Waals surface area contributed by atoms with Gasteiger partial charge in [0, 0.05) is 11.5 Å². The normalized spacial score (nSPS) is 19.8. The number of nitrogens with one attached hydrogen (secondary N) is 1. The zero-order valence-corrected chi connectivity index (χ0v) is 13.1. The van der Waals surface area contributed by atoms with E-state index in [0.717, 1.165) is 12.8 Å². The summed E-state index contributed by atoms with van der Waals surface area (Å²) in [5.41, 5.74) is 0.900. The Labute approximate surface area is 122 Å². The summed E-state index contributed by atoms with van der Waals surface area (Å²) >= 11 is 1.19. The van der Waals surface area contributed by atoms with Gasteiger partial charge >= 0.3 is 0 Å². The first-order chi connectivity index (χ1) is 9.39. The summed E-state index contributed by atoms with van der Waals surface area (Å²) in [6, 6.07) is 0. The van der Waals surface area contributed by atoms with Gasteiger partial charge in [-0.25, -0.2) is 13.1 Å². The lowest BCUT2D eigenvalue weighted by Gasteiger charge is -2.22. The van der Waals surface area contributed by atoms with Crippen LogP contribution in [0.1, 0.15) is 40.2 Å². The van der Waals surface area contributed by atoms with Crippen LogP contribution in [-0.4, -0.2) is 37.2 Å². The van der Waals surface area contributed by atoms with Crippen molar-refractivity contribution in [3.05, 3.63) is 16.1 Å². The fourth-order valence-electron chi connectivity index (χ4n) is 2.22. The van der Waals surface area contributed by atoms with E-state index in [1.165, 1.54) is 11.5 Å². The summed E-state index contributed by atoms with van der Waals surface area (Å²) in [6.07, 6.45) is 2.31. The highest BCUT2D eigenvalue weighted by molar-refractivity contribution is 7.90. The highest BCUT2D eigenvalue weighted by atomic mass is 32.2. The lowest BCUT2D eigenvalue weighted by atomic mass is 10.1. The molecule has 1 aromatic rings.